The summed E-state index contributed by atoms with van der Waals surface area (Å²) in [6.45, 7) is 0. The number of hydrogen-bond acceptors (Lipinski definition) is 12. The van der Waals surface area contributed by atoms with Crippen molar-refractivity contribution < 1.29 is 39.9 Å². The molecule has 0 heterocycles. The maximum Gasteiger partial charge on any atom is 3.00 e. The molecule has 0 rings (SSSR count). The minimum atomic E-state index is -4.33. The number of hydrogen-bond donors (Lipinski definition) is 0. The Kier molecular flexibility index (Phi) is 25.2. The van der Waals surface area contributed by atoms with Crippen LogP contribution in [0.2, 0.25) is 0 Å². The zero-order valence-electron chi connectivity index (χ0n) is 7.02. The standard InChI is InChI=1S/3H2O3S2.2Sb/c3*1-5(2,3)4;;/h3*(H2,1,2,3,4);;/q;;;2*+3/p-6. The summed E-state index contributed by atoms with van der Waals surface area (Å²) < 4.78 is 80.0. The Bertz CT molecular complexity index is 344. The average molecular weight is 580 g/mol. The van der Waals surface area contributed by atoms with Crippen LogP contribution in [0.15, 0.2) is 0 Å². The van der Waals surface area contributed by atoms with Crippen molar-refractivity contribution in [2.45, 2.75) is 0 Å². The molecule has 0 aromatic heterocycles. The van der Waals surface area contributed by atoms with Crippen molar-refractivity contribution >= 4 is 110 Å². The molecule has 0 saturated carbocycles. The van der Waals surface area contributed by atoms with E-state index in [1.165, 1.54) is 0 Å². The van der Waals surface area contributed by atoms with E-state index in [4.69, 9.17) is 39.9 Å². The smallest absolute Gasteiger partial charge is 0.780 e. The third kappa shape index (κ3) is 803. The summed E-state index contributed by atoms with van der Waals surface area (Å²) in [5.74, 6) is 0. The van der Waals surface area contributed by atoms with Crippen molar-refractivity contribution in [3.05, 3.63) is 0 Å². The molecule has 0 aromatic carbocycles. The molecule has 4 radical (unpaired) electrons. The second kappa shape index (κ2) is 13.5. The second-order valence-corrected chi connectivity index (χ2v) is 7.35. The second-order valence-electron chi connectivity index (χ2n) is 1.22. The monoisotopic (exact) mass is 578 g/mol. The fourth-order valence-electron chi connectivity index (χ4n) is 0. The van der Waals surface area contributed by atoms with E-state index >= 15 is 0 Å². The van der Waals surface area contributed by atoms with Gasteiger partial charge in [-0.2, -0.15) is 0 Å². The van der Waals surface area contributed by atoms with E-state index in [1.807, 2.05) is 0 Å². The van der Waals surface area contributed by atoms with E-state index in [0.717, 1.165) is 0 Å². The largest absolute Gasteiger partial charge is 3.00 e. The predicted molar refractivity (Wildman–Crippen MR) is 62.7 cm³/mol. The first-order valence-electron chi connectivity index (χ1n) is 2.00. The number of rotatable bonds is 0. The molecule has 0 aliphatic carbocycles. The topological polar surface area (TPSA) is 190 Å². The molecule has 0 bridgehead atoms. The van der Waals surface area contributed by atoms with Crippen LogP contribution < -0.4 is 0 Å². The molecule has 17 heavy (non-hydrogen) atoms. The van der Waals surface area contributed by atoms with Gasteiger partial charge in [-0.3, -0.25) is 12.6 Å². The van der Waals surface area contributed by atoms with Gasteiger partial charge >= 0.3 is 48.9 Å². The molecule has 0 atom stereocenters. The zero-order valence-corrected chi connectivity index (χ0v) is 17.0. The van der Waals surface area contributed by atoms with Gasteiger partial charge in [0.2, 0.25) is 0 Å². The minimum absolute atomic E-state index is 0. The van der Waals surface area contributed by atoms with Crippen LogP contribution in [0.5, 0.6) is 0 Å². The maximum atomic E-state index is 8.89. The third-order valence-corrected chi connectivity index (χ3v) is 0. The summed E-state index contributed by atoms with van der Waals surface area (Å²) in [6, 6.07) is 0. The molecule has 0 saturated heterocycles. The van der Waals surface area contributed by atoms with Gasteiger partial charge in [-0.15, -0.1) is 27.2 Å². The van der Waals surface area contributed by atoms with E-state index in [-0.39, 0.29) is 48.9 Å². The quantitative estimate of drug-likeness (QED) is 0.255. The first-order valence-corrected chi connectivity index (χ1v) is 9.00. The van der Waals surface area contributed by atoms with E-state index < -0.39 is 27.2 Å². The summed E-state index contributed by atoms with van der Waals surface area (Å²) in [5, 5.41) is 0. The van der Waals surface area contributed by atoms with Crippen LogP contribution in [0, 0.1) is 0 Å². The predicted octanol–water partition coefficient (Wildman–Crippen LogP) is -3.78. The van der Waals surface area contributed by atoms with Crippen molar-refractivity contribution in [1.29, 1.82) is 0 Å². The van der Waals surface area contributed by atoms with Crippen molar-refractivity contribution in [3.8, 4) is 0 Å². The fourth-order valence-corrected chi connectivity index (χ4v) is 0. The van der Waals surface area contributed by atoms with Gasteiger partial charge in [-0.05, 0) is 33.6 Å². The van der Waals surface area contributed by atoms with Crippen LogP contribution >= 0.6 is 0 Å². The summed E-state index contributed by atoms with van der Waals surface area (Å²) in [4.78, 5) is 0. The first-order chi connectivity index (χ1) is 6.00. The summed E-state index contributed by atoms with van der Waals surface area (Å²) in [5.41, 5.74) is 0. The van der Waals surface area contributed by atoms with Crippen molar-refractivity contribution in [3.63, 3.8) is 0 Å². The van der Waals surface area contributed by atoms with Gasteiger partial charge in [0.05, 0.1) is 0 Å². The Morgan fingerprint density at radius 1 is 0.529 bits per heavy atom. The van der Waals surface area contributed by atoms with E-state index in [2.05, 4.69) is 33.6 Å². The molecule has 0 aliphatic heterocycles. The van der Waals surface area contributed by atoms with Crippen LogP contribution in [-0.2, 0) is 60.7 Å². The Morgan fingerprint density at radius 2 is 0.529 bits per heavy atom. The van der Waals surface area contributed by atoms with E-state index in [9.17, 15) is 0 Å². The van der Waals surface area contributed by atoms with Crippen molar-refractivity contribution in [2.24, 2.45) is 0 Å². The molecule has 0 spiro atoms. The summed E-state index contributed by atoms with van der Waals surface area (Å²) in [7, 11) is -13.0. The Labute approximate surface area is 147 Å². The molecule has 0 N–H and O–H groups in total. The Hall–Kier alpha value is 2.51. The maximum absolute atomic E-state index is 8.89. The molecular weight excluding hydrogens is 580 g/mol. The molecule has 9 nitrogen and oxygen atoms in total. The average Bonchev–Trinajstić information content (AvgIpc) is 1.41. The van der Waals surface area contributed by atoms with E-state index in [0.29, 0.717) is 0 Å². The molecule has 17 heteroatoms. The normalized spacial score (nSPS) is 10.2. The SMILES string of the molecule is O=S([O-])([O-])=S.O=S([O-])([O-])=S.O=S([O-])([O-])=S.[Sb+3].[Sb+3]. The third-order valence-electron chi connectivity index (χ3n) is 0. The van der Waals surface area contributed by atoms with Gasteiger partial charge in [0, 0.05) is 0 Å². The molecule has 0 fully saturated rings. The van der Waals surface area contributed by atoms with Gasteiger partial charge in [-0.1, -0.05) is 0 Å². The summed E-state index contributed by atoms with van der Waals surface area (Å²) >= 11 is 9.73. The van der Waals surface area contributed by atoms with Gasteiger partial charge in [0.15, 0.2) is 0 Å². The van der Waals surface area contributed by atoms with Gasteiger partial charge < -0.3 is 27.3 Å². The molecule has 0 aromatic rings. The first kappa shape index (κ1) is 31.7. The summed E-state index contributed by atoms with van der Waals surface area (Å²) in [6.07, 6.45) is 0. The van der Waals surface area contributed by atoms with Crippen LogP contribution in [0.4, 0.5) is 0 Å². The van der Waals surface area contributed by atoms with Gasteiger partial charge in [0.25, 0.3) is 0 Å². The Balaban J connectivity index is -0.0000000400. The van der Waals surface area contributed by atoms with Crippen LogP contribution in [0.25, 0.3) is 0 Å². The molecule has 0 aliphatic rings. The van der Waals surface area contributed by atoms with Crippen molar-refractivity contribution in [1.82, 2.24) is 0 Å². The minimum Gasteiger partial charge on any atom is -0.780 e. The van der Waals surface area contributed by atoms with Crippen LogP contribution in [0.3, 0.4) is 0 Å². The Morgan fingerprint density at radius 3 is 0.529 bits per heavy atom. The van der Waals surface area contributed by atoms with Gasteiger partial charge in [0.1, 0.15) is 0 Å². The molecule has 0 amide bonds. The molecule has 0 unspecified atom stereocenters. The van der Waals surface area contributed by atoms with Crippen LogP contribution in [-0.4, -0.2) is 88.8 Å². The fraction of sp³-hybridized carbons (Fsp3) is 0. The van der Waals surface area contributed by atoms with Crippen molar-refractivity contribution in [2.75, 3.05) is 0 Å². The molecular formula is O9S6Sb2. The molecule has 100 valence electrons. The van der Waals surface area contributed by atoms with Gasteiger partial charge in [-0.25, -0.2) is 0 Å². The zero-order chi connectivity index (χ0) is 13.5. The van der Waals surface area contributed by atoms with Crippen LogP contribution in [0.1, 0.15) is 0 Å². The van der Waals surface area contributed by atoms with E-state index in [1.54, 1.807) is 0 Å².